The molecule has 8 heteroatoms. The van der Waals surface area contributed by atoms with E-state index in [1.807, 2.05) is 0 Å². The lowest BCUT2D eigenvalue weighted by Gasteiger charge is -2.21. The molecule has 1 unspecified atom stereocenters. The van der Waals surface area contributed by atoms with Crippen molar-refractivity contribution >= 4 is 24.1 Å². The third-order valence-corrected chi connectivity index (χ3v) is 3.09. The van der Waals surface area contributed by atoms with Gasteiger partial charge in [-0.25, -0.2) is 9.18 Å². The maximum Gasteiger partial charge on any atom is 0.354 e. The molecule has 1 aliphatic heterocycles. The second-order valence-electron chi connectivity index (χ2n) is 4.30. The van der Waals surface area contributed by atoms with Crippen LogP contribution in [0.2, 0.25) is 0 Å². The Bertz CT molecular complexity index is 630. The van der Waals surface area contributed by atoms with Crippen molar-refractivity contribution in [1.82, 2.24) is 0 Å². The van der Waals surface area contributed by atoms with Crippen LogP contribution in [0, 0.1) is 17.1 Å². The average Bonchev–Trinajstić information content (AvgIpc) is 2.92. The van der Waals surface area contributed by atoms with Crippen molar-refractivity contribution in [2.24, 2.45) is 10.9 Å². The van der Waals surface area contributed by atoms with Crippen LogP contribution in [0.25, 0.3) is 0 Å². The van der Waals surface area contributed by atoms with Gasteiger partial charge in [-0.1, -0.05) is 11.2 Å². The number of nitriles is 1. The van der Waals surface area contributed by atoms with E-state index in [2.05, 4.69) is 9.89 Å². The summed E-state index contributed by atoms with van der Waals surface area (Å²) in [4.78, 5) is 16.8. The number of carbonyl (C=O) groups excluding carboxylic acids is 1. The monoisotopic (exact) mass is 313 g/mol. The van der Waals surface area contributed by atoms with Gasteiger partial charge >= 0.3 is 5.97 Å². The molecule has 1 aromatic rings. The fourth-order valence-electron chi connectivity index (χ4n) is 1.91. The van der Waals surface area contributed by atoms with E-state index in [-0.39, 0.29) is 30.9 Å². The van der Waals surface area contributed by atoms with Gasteiger partial charge in [0.15, 0.2) is 0 Å². The van der Waals surface area contributed by atoms with Gasteiger partial charge in [-0.15, -0.1) is 12.4 Å². The summed E-state index contributed by atoms with van der Waals surface area (Å²) in [5.74, 6) is -1.24. The number of ether oxygens (including phenoxy) is 1. The molecule has 0 amide bonds. The Labute approximate surface area is 126 Å². The molecule has 1 aromatic carbocycles. The largest absolute Gasteiger partial charge is 0.466 e. The predicted molar refractivity (Wildman–Crippen MR) is 74.4 cm³/mol. The lowest BCUT2D eigenvalue weighted by Crippen LogP contribution is -2.46. The predicted octanol–water partition coefficient (Wildman–Crippen LogP) is 1.11. The molecule has 1 aliphatic rings. The molecule has 0 fully saturated rings. The Morgan fingerprint density at radius 1 is 1.67 bits per heavy atom. The van der Waals surface area contributed by atoms with Crippen LogP contribution >= 0.6 is 12.4 Å². The average molecular weight is 314 g/mol. The first-order valence-electron chi connectivity index (χ1n) is 5.80. The molecule has 2 rings (SSSR count). The van der Waals surface area contributed by atoms with Gasteiger partial charge in [0.25, 0.3) is 5.60 Å². The highest BCUT2D eigenvalue weighted by Crippen LogP contribution is 2.28. The normalized spacial score (nSPS) is 19.8. The highest BCUT2D eigenvalue weighted by molar-refractivity contribution is 6.05. The van der Waals surface area contributed by atoms with Crippen molar-refractivity contribution in [2.45, 2.75) is 12.0 Å². The smallest absolute Gasteiger partial charge is 0.354 e. The Morgan fingerprint density at radius 2 is 2.38 bits per heavy atom. The quantitative estimate of drug-likeness (QED) is 0.843. The second-order valence-corrected chi connectivity index (χ2v) is 4.30. The van der Waals surface area contributed by atoms with Crippen LogP contribution in [0.4, 0.5) is 4.39 Å². The van der Waals surface area contributed by atoms with E-state index in [1.54, 1.807) is 6.07 Å². The number of rotatable bonds is 3. The molecule has 0 radical (unpaired) electrons. The van der Waals surface area contributed by atoms with Crippen molar-refractivity contribution in [3.05, 3.63) is 35.1 Å². The van der Waals surface area contributed by atoms with Gasteiger partial charge in [0.05, 0.1) is 18.4 Å². The molecule has 112 valence electrons. The minimum absolute atomic E-state index is 0. The van der Waals surface area contributed by atoms with Crippen molar-refractivity contribution in [3.63, 3.8) is 0 Å². The molecular weight excluding hydrogens is 301 g/mol. The SMILES string of the molecule is COC(=O)C1(CN)CC(c2ccc(F)c(C#N)c2)=NO1.Cl. The maximum absolute atomic E-state index is 13.3. The molecule has 21 heavy (non-hydrogen) atoms. The van der Waals surface area contributed by atoms with E-state index in [1.165, 1.54) is 19.2 Å². The van der Waals surface area contributed by atoms with Crippen molar-refractivity contribution < 1.29 is 18.8 Å². The molecule has 0 saturated heterocycles. The Kier molecular flexibility index (Phi) is 5.24. The van der Waals surface area contributed by atoms with Crippen LogP contribution in [0.1, 0.15) is 17.5 Å². The molecule has 2 N–H and O–H groups in total. The van der Waals surface area contributed by atoms with Crippen LogP contribution < -0.4 is 5.73 Å². The van der Waals surface area contributed by atoms with Crippen LogP contribution in [-0.2, 0) is 14.4 Å². The molecule has 0 saturated carbocycles. The highest BCUT2D eigenvalue weighted by atomic mass is 35.5. The van der Waals surface area contributed by atoms with E-state index < -0.39 is 17.4 Å². The highest BCUT2D eigenvalue weighted by Gasteiger charge is 2.47. The van der Waals surface area contributed by atoms with Crippen LogP contribution in [0.5, 0.6) is 0 Å². The molecule has 1 atom stereocenters. The summed E-state index contributed by atoms with van der Waals surface area (Å²) in [6.07, 6.45) is 0.104. The Hall–Kier alpha value is -2.17. The van der Waals surface area contributed by atoms with Crippen LogP contribution in [0.15, 0.2) is 23.4 Å². The zero-order valence-electron chi connectivity index (χ0n) is 11.1. The van der Waals surface area contributed by atoms with E-state index in [0.29, 0.717) is 11.3 Å². The fraction of sp³-hybridized carbons (Fsp3) is 0.308. The first-order chi connectivity index (χ1) is 9.56. The molecule has 6 nitrogen and oxygen atoms in total. The molecule has 0 bridgehead atoms. The van der Waals surface area contributed by atoms with Crippen LogP contribution in [0.3, 0.4) is 0 Å². The Morgan fingerprint density at radius 3 is 2.95 bits per heavy atom. The third kappa shape index (κ3) is 2.96. The number of esters is 1. The van der Waals surface area contributed by atoms with E-state index >= 15 is 0 Å². The number of methoxy groups -OCH3 is 1. The lowest BCUT2D eigenvalue weighted by atomic mass is 9.93. The van der Waals surface area contributed by atoms with Crippen molar-refractivity contribution in [1.29, 1.82) is 5.26 Å². The number of oxime groups is 1. The topological polar surface area (TPSA) is 97.7 Å². The van der Waals surface area contributed by atoms with E-state index in [9.17, 15) is 9.18 Å². The summed E-state index contributed by atoms with van der Waals surface area (Å²) >= 11 is 0. The number of nitrogens with two attached hydrogens (primary N) is 1. The van der Waals surface area contributed by atoms with E-state index in [0.717, 1.165) is 6.07 Å². The molecule has 0 spiro atoms. The minimum Gasteiger partial charge on any atom is -0.466 e. The summed E-state index contributed by atoms with van der Waals surface area (Å²) in [6.45, 7) is -0.0982. The fourth-order valence-corrected chi connectivity index (χ4v) is 1.91. The summed E-state index contributed by atoms with van der Waals surface area (Å²) in [5, 5.41) is 12.6. The third-order valence-electron chi connectivity index (χ3n) is 3.09. The van der Waals surface area contributed by atoms with Crippen molar-refractivity contribution in [3.8, 4) is 6.07 Å². The van der Waals surface area contributed by atoms with Gasteiger partial charge in [-0.05, 0) is 12.1 Å². The van der Waals surface area contributed by atoms with Crippen molar-refractivity contribution in [2.75, 3.05) is 13.7 Å². The summed E-state index contributed by atoms with van der Waals surface area (Å²) in [5.41, 5.74) is 5.01. The molecule has 0 aromatic heterocycles. The number of carbonyl (C=O) groups is 1. The first-order valence-corrected chi connectivity index (χ1v) is 5.80. The number of hydrogen-bond donors (Lipinski definition) is 1. The minimum atomic E-state index is -1.36. The summed E-state index contributed by atoms with van der Waals surface area (Å²) in [6, 6.07) is 5.71. The number of halogens is 2. The zero-order chi connectivity index (χ0) is 14.8. The van der Waals surface area contributed by atoms with Gasteiger partial charge in [-0.3, -0.25) is 0 Å². The van der Waals surface area contributed by atoms with Gasteiger partial charge < -0.3 is 15.3 Å². The summed E-state index contributed by atoms with van der Waals surface area (Å²) in [7, 11) is 1.23. The molecule has 0 aliphatic carbocycles. The summed E-state index contributed by atoms with van der Waals surface area (Å²) < 4.78 is 17.9. The van der Waals surface area contributed by atoms with E-state index in [4.69, 9.17) is 15.8 Å². The number of nitrogens with zero attached hydrogens (tertiary/aromatic N) is 2. The molecular formula is C13H13ClFN3O3. The zero-order valence-corrected chi connectivity index (χ0v) is 11.9. The molecule has 1 heterocycles. The van der Waals surface area contributed by atoms with Gasteiger partial charge in [-0.2, -0.15) is 5.26 Å². The van der Waals surface area contributed by atoms with Gasteiger partial charge in [0.2, 0.25) is 0 Å². The second kappa shape index (κ2) is 6.52. The first kappa shape index (κ1) is 16.9. The number of hydrogen-bond acceptors (Lipinski definition) is 6. The lowest BCUT2D eigenvalue weighted by molar-refractivity contribution is -0.165. The van der Waals surface area contributed by atoms with Crippen LogP contribution in [-0.4, -0.2) is 30.9 Å². The Balaban J connectivity index is 0.00000220. The van der Waals surface area contributed by atoms with Gasteiger partial charge in [0.1, 0.15) is 11.9 Å². The van der Waals surface area contributed by atoms with Gasteiger partial charge in [0, 0.05) is 18.5 Å². The standard InChI is InChI=1S/C13H12FN3O3.ClH/c1-19-12(18)13(7-16)5-11(17-20-13)8-2-3-10(14)9(4-8)6-15;/h2-4H,5,7,16H2,1H3;1H. The number of benzene rings is 1. The maximum atomic E-state index is 13.3.